The molecule has 1 aliphatic rings. The molecule has 1 atom stereocenters. The van der Waals surface area contributed by atoms with Crippen molar-refractivity contribution < 1.29 is 9.66 Å². The van der Waals surface area contributed by atoms with Gasteiger partial charge in [0, 0.05) is 35.4 Å². The van der Waals surface area contributed by atoms with Gasteiger partial charge in [-0.2, -0.15) is 0 Å². The molecule has 1 N–H and O–H groups in total. The highest BCUT2D eigenvalue weighted by atomic mass is 79.9. The molecule has 2 rings (SSSR count). The van der Waals surface area contributed by atoms with Crippen LogP contribution < -0.4 is 5.32 Å². The van der Waals surface area contributed by atoms with Crippen LogP contribution in [0, 0.1) is 10.1 Å². The summed E-state index contributed by atoms with van der Waals surface area (Å²) < 4.78 is 6.24. The Hall–Kier alpha value is -1.14. The molecule has 6 heteroatoms. The smallest absolute Gasteiger partial charge is 0.270 e. The first-order valence-corrected chi connectivity index (χ1v) is 6.75. The predicted octanol–water partition coefficient (Wildman–Crippen LogP) is 3.34. The molecule has 98 valence electrons. The van der Waals surface area contributed by atoms with Crippen LogP contribution >= 0.6 is 15.9 Å². The Morgan fingerprint density at radius 3 is 3.00 bits per heavy atom. The van der Waals surface area contributed by atoms with Crippen molar-refractivity contribution in [1.29, 1.82) is 0 Å². The number of nitrogens with one attached hydrogen (secondary N) is 1. The van der Waals surface area contributed by atoms with Gasteiger partial charge in [0.1, 0.15) is 0 Å². The molecule has 1 aromatic carbocycles. The second-order valence-electron chi connectivity index (χ2n) is 4.27. The van der Waals surface area contributed by atoms with Crippen LogP contribution in [0.2, 0.25) is 0 Å². The number of non-ortho nitro benzene ring substituents is 1. The Morgan fingerprint density at radius 1 is 1.56 bits per heavy atom. The van der Waals surface area contributed by atoms with Gasteiger partial charge in [-0.3, -0.25) is 10.1 Å². The average Bonchev–Trinajstić information content (AvgIpc) is 2.84. The fourth-order valence-corrected chi connectivity index (χ4v) is 2.51. The number of rotatable bonds is 5. The van der Waals surface area contributed by atoms with Gasteiger partial charge in [-0.25, -0.2) is 0 Å². The molecule has 0 aliphatic carbocycles. The first kappa shape index (κ1) is 13.3. The molecule has 1 heterocycles. The van der Waals surface area contributed by atoms with Gasteiger partial charge in [-0.15, -0.1) is 0 Å². The second kappa shape index (κ2) is 6.15. The van der Waals surface area contributed by atoms with Crippen molar-refractivity contribution >= 4 is 27.3 Å². The van der Waals surface area contributed by atoms with Crippen molar-refractivity contribution in [3.05, 3.63) is 32.8 Å². The van der Waals surface area contributed by atoms with Crippen LogP contribution in [0.25, 0.3) is 0 Å². The summed E-state index contributed by atoms with van der Waals surface area (Å²) in [5.41, 5.74) is 0.963. The maximum absolute atomic E-state index is 10.6. The zero-order valence-electron chi connectivity index (χ0n) is 9.89. The third kappa shape index (κ3) is 3.43. The molecule has 0 amide bonds. The highest BCUT2D eigenvalue weighted by Gasteiger charge is 2.15. The number of ether oxygens (including phenoxy) is 1. The van der Waals surface area contributed by atoms with Crippen LogP contribution in [0.1, 0.15) is 19.3 Å². The summed E-state index contributed by atoms with van der Waals surface area (Å²) in [7, 11) is 0. The van der Waals surface area contributed by atoms with Crippen LogP contribution in [0.15, 0.2) is 22.7 Å². The van der Waals surface area contributed by atoms with Crippen LogP contribution in [-0.4, -0.2) is 24.2 Å². The van der Waals surface area contributed by atoms with Gasteiger partial charge < -0.3 is 10.1 Å². The van der Waals surface area contributed by atoms with Gasteiger partial charge in [-0.05, 0) is 41.3 Å². The third-order valence-electron chi connectivity index (χ3n) is 2.97. The van der Waals surface area contributed by atoms with Crippen molar-refractivity contribution in [3.63, 3.8) is 0 Å². The molecule has 1 saturated heterocycles. The quantitative estimate of drug-likeness (QED) is 0.668. The van der Waals surface area contributed by atoms with Crippen molar-refractivity contribution in [2.24, 2.45) is 0 Å². The molecule has 1 aliphatic heterocycles. The lowest BCUT2D eigenvalue weighted by atomic mass is 10.2. The van der Waals surface area contributed by atoms with E-state index in [-0.39, 0.29) is 5.69 Å². The number of nitro benzene ring substituents is 1. The highest BCUT2D eigenvalue weighted by molar-refractivity contribution is 9.10. The van der Waals surface area contributed by atoms with E-state index < -0.39 is 4.92 Å². The van der Waals surface area contributed by atoms with E-state index in [0.29, 0.717) is 10.6 Å². The first-order valence-electron chi connectivity index (χ1n) is 5.96. The summed E-state index contributed by atoms with van der Waals surface area (Å²) >= 11 is 3.33. The van der Waals surface area contributed by atoms with Crippen molar-refractivity contribution in [3.8, 4) is 0 Å². The molecule has 1 aromatic rings. The van der Waals surface area contributed by atoms with Crippen LogP contribution in [-0.2, 0) is 4.74 Å². The number of hydrogen-bond donors (Lipinski definition) is 1. The molecule has 0 saturated carbocycles. The maximum atomic E-state index is 10.6. The number of halogens is 1. The van der Waals surface area contributed by atoms with Crippen LogP contribution in [0.4, 0.5) is 11.4 Å². The summed E-state index contributed by atoms with van der Waals surface area (Å²) in [6.07, 6.45) is 3.59. The van der Waals surface area contributed by atoms with Gasteiger partial charge in [0.15, 0.2) is 0 Å². The Labute approximate surface area is 114 Å². The van der Waals surface area contributed by atoms with E-state index in [1.54, 1.807) is 6.07 Å². The number of anilines is 1. The monoisotopic (exact) mass is 314 g/mol. The Morgan fingerprint density at radius 2 is 2.39 bits per heavy atom. The normalized spacial score (nSPS) is 18.8. The van der Waals surface area contributed by atoms with E-state index in [0.717, 1.165) is 38.1 Å². The van der Waals surface area contributed by atoms with E-state index >= 15 is 0 Å². The largest absolute Gasteiger partial charge is 0.384 e. The lowest BCUT2D eigenvalue weighted by Gasteiger charge is -2.11. The minimum atomic E-state index is -0.402. The summed E-state index contributed by atoms with van der Waals surface area (Å²) in [5, 5.41) is 13.9. The molecule has 5 nitrogen and oxygen atoms in total. The van der Waals surface area contributed by atoms with E-state index in [1.165, 1.54) is 12.1 Å². The molecule has 0 bridgehead atoms. The van der Waals surface area contributed by atoms with E-state index in [4.69, 9.17) is 4.74 Å². The molecule has 1 fully saturated rings. The van der Waals surface area contributed by atoms with E-state index in [1.807, 2.05) is 0 Å². The maximum Gasteiger partial charge on any atom is 0.270 e. The lowest BCUT2D eigenvalue weighted by molar-refractivity contribution is -0.384. The van der Waals surface area contributed by atoms with Gasteiger partial charge >= 0.3 is 0 Å². The molecule has 0 aromatic heterocycles. The topological polar surface area (TPSA) is 64.4 Å². The number of benzene rings is 1. The Balaban J connectivity index is 1.87. The van der Waals surface area contributed by atoms with Crippen LogP contribution in [0.5, 0.6) is 0 Å². The SMILES string of the molecule is O=[N+]([O-])c1ccc(NCCC2CCCO2)c(Br)c1. The third-order valence-corrected chi connectivity index (χ3v) is 3.63. The lowest BCUT2D eigenvalue weighted by Crippen LogP contribution is -2.12. The second-order valence-corrected chi connectivity index (χ2v) is 5.13. The van der Waals surface area contributed by atoms with E-state index in [9.17, 15) is 10.1 Å². The highest BCUT2D eigenvalue weighted by Crippen LogP contribution is 2.27. The van der Waals surface area contributed by atoms with Gasteiger partial charge in [-0.1, -0.05) is 0 Å². The molecular formula is C12H15BrN2O3. The first-order chi connectivity index (χ1) is 8.66. The molecule has 0 spiro atoms. The number of nitrogens with zero attached hydrogens (tertiary/aromatic N) is 1. The van der Waals surface area contributed by atoms with Gasteiger partial charge in [0.2, 0.25) is 0 Å². The Bertz CT molecular complexity index is 433. The van der Waals surface area contributed by atoms with Gasteiger partial charge in [0.05, 0.1) is 11.0 Å². The zero-order valence-corrected chi connectivity index (χ0v) is 11.5. The molecule has 0 radical (unpaired) electrons. The average molecular weight is 315 g/mol. The molecule has 18 heavy (non-hydrogen) atoms. The summed E-state index contributed by atoms with van der Waals surface area (Å²) in [5.74, 6) is 0. The molecule has 1 unspecified atom stereocenters. The fourth-order valence-electron chi connectivity index (χ4n) is 2.00. The van der Waals surface area contributed by atoms with Crippen molar-refractivity contribution in [1.82, 2.24) is 0 Å². The van der Waals surface area contributed by atoms with Crippen LogP contribution in [0.3, 0.4) is 0 Å². The molecular weight excluding hydrogens is 300 g/mol. The number of nitro groups is 1. The minimum Gasteiger partial charge on any atom is -0.384 e. The zero-order chi connectivity index (χ0) is 13.0. The summed E-state index contributed by atoms with van der Waals surface area (Å²) in [4.78, 5) is 10.2. The Kier molecular flexibility index (Phi) is 4.54. The standard InChI is InChI=1S/C12H15BrN2O3/c13-11-8-9(15(16)17)3-4-12(11)14-6-5-10-2-1-7-18-10/h3-4,8,10,14H,1-2,5-7H2. The predicted molar refractivity (Wildman–Crippen MR) is 72.9 cm³/mol. The summed E-state index contributed by atoms with van der Waals surface area (Å²) in [6, 6.07) is 4.73. The van der Waals surface area contributed by atoms with Crippen molar-refractivity contribution in [2.45, 2.75) is 25.4 Å². The van der Waals surface area contributed by atoms with Crippen molar-refractivity contribution in [2.75, 3.05) is 18.5 Å². The number of hydrogen-bond acceptors (Lipinski definition) is 4. The van der Waals surface area contributed by atoms with E-state index in [2.05, 4.69) is 21.2 Å². The van der Waals surface area contributed by atoms with Gasteiger partial charge in [0.25, 0.3) is 5.69 Å². The minimum absolute atomic E-state index is 0.0894. The fraction of sp³-hybridized carbons (Fsp3) is 0.500. The summed E-state index contributed by atoms with van der Waals surface area (Å²) in [6.45, 7) is 1.67.